The fourth-order valence-corrected chi connectivity index (χ4v) is 3.63. The molecule has 0 amide bonds. The molecule has 1 nitrogen and oxygen atoms in total. The topological polar surface area (TPSA) is 12.0 Å². The molecule has 1 saturated carbocycles. The molecule has 0 spiro atoms. The third-order valence-electron chi connectivity index (χ3n) is 4.88. The summed E-state index contributed by atoms with van der Waals surface area (Å²) in [5, 5.41) is 3.91. The number of nitrogens with one attached hydrogen (secondary N) is 1. The van der Waals surface area contributed by atoms with E-state index in [0.717, 1.165) is 5.92 Å². The van der Waals surface area contributed by atoms with E-state index in [2.05, 4.69) is 33.0 Å². The lowest BCUT2D eigenvalue weighted by Gasteiger charge is -2.40. The number of hydrogen-bond donors (Lipinski definition) is 1. The predicted molar refractivity (Wildman–Crippen MR) is 87.8 cm³/mol. The molecule has 2 heteroatoms. The van der Waals surface area contributed by atoms with Crippen LogP contribution in [0.5, 0.6) is 0 Å². The number of benzene rings is 1. The first-order valence-electron chi connectivity index (χ1n) is 8.43. The minimum Gasteiger partial charge on any atom is -0.306 e. The zero-order valence-corrected chi connectivity index (χ0v) is 14.0. The summed E-state index contributed by atoms with van der Waals surface area (Å²) >= 11 is 0. The molecule has 21 heavy (non-hydrogen) atoms. The van der Waals surface area contributed by atoms with Gasteiger partial charge in [0.25, 0.3) is 0 Å². The molecule has 0 aliphatic heterocycles. The Kier molecular flexibility index (Phi) is 5.43. The second-order valence-electron chi connectivity index (χ2n) is 7.58. The summed E-state index contributed by atoms with van der Waals surface area (Å²) in [7, 11) is 0. The van der Waals surface area contributed by atoms with Gasteiger partial charge < -0.3 is 5.32 Å². The van der Waals surface area contributed by atoms with Crippen molar-refractivity contribution in [3.8, 4) is 0 Å². The van der Waals surface area contributed by atoms with Crippen LogP contribution in [0, 0.1) is 17.2 Å². The summed E-state index contributed by atoms with van der Waals surface area (Å²) in [5.41, 5.74) is 1.32. The molecule has 1 aliphatic carbocycles. The Labute approximate surface area is 129 Å². The Morgan fingerprint density at radius 3 is 2.33 bits per heavy atom. The molecule has 2 rings (SSSR count). The molecule has 0 radical (unpaired) electrons. The van der Waals surface area contributed by atoms with Crippen LogP contribution in [0.1, 0.15) is 71.4 Å². The van der Waals surface area contributed by atoms with E-state index in [9.17, 15) is 4.39 Å². The molecular formula is C19H30FN. The first-order valence-corrected chi connectivity index (χ1v) is 8.43. The van der Waals surface area contributed by atoms with Crippen molar-refractivity contribution in [2.75, 3.05) is 0 Å². The second-order valence-corrected chi connectivity index (χ2v) is 7.58. The summed E-state index contributed by atoms with van der Waals surface area (Å²) < 4.78 is 13.2. The van der Waals surface area contributed by atoms with E-state index in [4.69, 9.17) is 0 Å². The van der Waals surface area contributed by atoms with Gasteiger partial charge in [-0.1, -0.05) is 59.1 Å². The molecule has 0 aromatic heterocycles. The van der Waals surface area contributed by atoms with Gasteiger partial charge in [0, 0.05) is 12.1 Å². The van der Waals surface area contributed by atoms with Crippen molar-refractivity contribution in [2.24, 2.45) is 11.3 Å². The number of hydrogen-bond acceptors (Lipinski definition) is 1. The lowest BCUT2D eigenvalue weighted by Crippen LogP contribution is -2.44. The first-order chi connectivity index (χ1) is 9.91. The Balaban J connectivity index is 2.18. The zero-order chi connectivity index (χ0) is 15.5. The molecule has 0 bridgehead atoms. The van der Waals surface area contributed by atoms with E-state index in [1.54, 1.807) is 12.1 Å². The van der Waals surface area contributed by atoms with Crippen LogP contribution < -0.4 is 5.32 Å². The molecule has 3 atom stereocenters. The fourth-order valence-electron chi connectivity index (χ4n) is 3.63. The average molecular weight is 291 g/mol. The van der Waals surface area contributed by atoms with E-state index in [1.165, 1.54) is 37.7 Å². The maximum Gasteiger partial charge on any atom is 0.123 e. The summed E-state index contributed by atoms with van der Waals surface area (Å²) in [6.07, 6.45) is 6.56. The molecule has 1 aromatic rings. The fraction of sp³-hybridized carbons (Fsp3) is 0.684. The van der Waals surface area contributed by atoms with Crippen molar-refractivity contribution in [1.82, 2.24) is 5.32 Å². The summed E-state index contributed by atoms with van der Waals surface area (Å²) in [6.45, 7) is 9.09. The average Bonchev–Trinajstić information content (AvgIpc) is 2.45. The summed E-state index contributed by atoms with van der Waals surface area (Å²) in [5.74, 6) is 0.625. The van der Waals surface area contributed by atoms with Crippen molar-refractivity contribution in [1.29, 1.82) is 0 Å². The molecule has 1 aliphatic rings. The highest BCUT2D eigenvalue weighted by atomic mass is 19.1. The molecule has 118 valence electrons. The van der Waals surface area contributed by atoms with E-state index in [-0.39, 0.29) is 17.3 Å². The highest BCUT2D eigenvalue weighted by Crippen LogP contribution is 2.36. The largest absolute Gasteiger partial charge is 0.306 e. The van der Waals surface area contributed by atoms with E-state index < -0.39 is 0 Å². The van der Waals surface area contributed by atoms with Gasteiger partial charge in [-0.2, -0.15) is 0 Å². The van der Waals surface area contributed by atoms with Crippen LogP contribution in [0.4, 0.5) is 4.39 Å². The Hall–Kier alpha value is -0.890. The molecule has 1 fully saturated rings. The van der Waals surface area contributed by atoms with Gasteiger partial charge in [-0.25, -0.2) is 4.39 Å². The summed E-state index contributed by atoms with van der Waals surface area (Å²) in [6, 6.07) is 7.89. The van der Waals surface area contributed by atoms with Gasteiger partial charge in [-0.05, 0) is 41.9 Å². The maximum atomic E-state index is 13.2. The first kappa shape index (κ1) is 16.5. The van der Waals surface area contributed by atoms with Gasteiger partial charge in [0.2, 0.25) is 0 Å². The maximum absolute atomic E-state index is 13.2. The normalized spacial score (nSPS) is 24.8. The van der Waals surface area contributed by atoms with Crippen LogP contribution in [0.15, 0.2) is 24.3 Å². The van der Waals surface area contributed by atoms with E-state index in [1.807, 2.05) is 12.1 Å². The third kappa shape index (κ3) is 4.29. The van der Waals surface area contributed by atoms with Crippen molar-refractivity contribution >= 4 is 0 Å². The molecule has 3 unspecified atom stereocenters. The SMILES string of the molecule is CCC1CCCCC1NC(c1ccc(F)cc1)C(C)(C)C. The molecule has 0 heterocycles. The highest BCUT2D eigenvalue weighted by molar-refractivity contribution is 5.22. The van der Waals surface area contributed by atoms with Crippen LogP contribution in [-0.2, 0) is 0 Å². The quantitative estimate of drug-likeness (QED) is 0.775. The third-order valence-corrected chi connectivity index (χ3v) is 4.88. The van der Waals surface area contributed by atoms with Crippen LogP contribution in [0.25, 0.3) is 0 Å². The van der Waals surface area contributed by atoms with Crippen molar-refractivity contribution in [3.63, 3.8) is 0 Å². The van der Waals surface area contributed by atoms with E-state index in [0.29, 0.717) is 6.04 Å². The molecule has 1 aromatic carbocycles. The monoisotopic (exact) mass is 291 g/mol. The standard InChI is InChI=1S/C19H30FN/c1-5-14-8-6-7-9-17(14)21-18(19(2,3)4)15-10-12-16(20)13-11-15/h10-14,17-18,21H,5-9H2,1-4H3. The van der Waals surface area contributed by atoms with Crippen LogP contribution in [0.3, 0.4) is 0 Å². The van der Waals surface area contributed by atoms with Crippen LogP contribution in [-0.4, -0.2) is 6.04 Å². The molecule has 0 saturated heterocycles. The molecule has 1 N–H and O–H groups in total. The van der Waals surface area contributed by atoms with Crippen molar-refractivity contribution < 1.29 is 4.39 Å². The molecular weight excluding hydrogens is 261 g/mol. The highest BCUT2D eigenvalue weighted by Gasteiger charge is 2.32. The van der Waals surface area contributed by atoms with E-state index >= 15 is 0 Å². The van der Waals surface area contributed by atoms with Gasteiger partial charge in [-0.3, -0.25) is 0 Å². The minimum absolute atomic E-state index is 0.119. The Bertz CT molecular complexity index is 432. The Morgan fingerprint density at radius 2 is 1.76 bits per heavy atom. The lowest BCUT2D eigenvalue weighted by molar-refractivity contribution is 0.181. The van der Waals surface area contributed by atoms with Gasteiger partial charge in [0.15, 0.2) is 0 Å². The Morgan fingerprint density at radius 1 is 1.14 bits per heavy atom. The minimum atomic E-state index is -0.157. The van der Waals surface area contributed by atoms with Gasteiger partial charge in [0.05, 0.1) is 0 Å². The van der Waals surface area contributed by atoms with Crippen molar-refractivity contribution in [2.45, 2.75) is 71.9 Å². The van der Waals surface area contributed by atoms with Gasteiger partial charge in [0.1, 0.15) is 5.82 Å². The predicted octanol–water partition coefficient (Wildman–Crippen LogP) is 5.47. The number of halogens is 1. The van der Waals surface area contributed by atoms with Crippen molar-refractivity contribution in [3.05, 3.63) is 35.6 Å². The summed E-state index contributed by atoms with van der Waals surface area (Å²) in [4.78, 5) is 0. The van der Waals surface area contributed by atoms with Crippen LogP contribution >= 0.6 is 0 Å². The smallest absolute Gasteiger partial charge is 0.123 e. The zero-order valence-electron chi connectivity index (χ0n) is 14.0. The van der Waals surface area contributed by atoms with Gasteiger partial charge >= 0.3 is 0 Å². The lowest BCUT2D eigenvalue weighted by atomic mass is 9.78. The van der Waals surface area contributed by atoms with Crippen LogP contribution in [0.2, 0.25) is 0 Å². The van der Waals surface area contributed by atoms with Gasteiger partial charge in [-0.15, -0.1) is 0 Å². The number of rotatable bonds is 4. The second kappa shape index (κ2) is 6.91.